The topological polar surface area (TPSA) is 53.0 Å². The molecule has 0 spiro atoms. The quantitative estimate of drug-likeness (QED) is 0.929. The van der Waals surface area contributed by atoms with Crippen LogP contribution in [0.3, 0.4) is 0 Å². The Labute approximate surface area is 130 Å². The second-order valence-corrected chi connectivity index (χ2v) is 5.88. The second-order valence-electron chi connectivity index (χ2n) is 5.48. The Morgan fingerprint density at radius 1 is 1.33 bits per heavy atom. The van der Waals surface area contributed by atoms with Gasteiger partial charge < -0.3 is 14.7 Å². The number of rotatable bonds is 4. The lowest BCUT2D eigenvalue weighted by Gasteiger charge is -2.33. The summed E-state index contributed by atoms with van der Waals surface area (Å²) in [4.78, 5) is 14.6. The highest BCUT2D eigenvalue weighted by Gasteiger charge is 2.20. The van der Waals surface area contributed by atoms with E-state index in [0.29, 0.717) is 23.9 Å². The Morgan fingerprint density at radius 3 is 2.57 bits per heavy atom. The molecule has 1 aromatic carbocycles. The summed E-state index contributed by atoms with van der Waals surface area (Å²) in [6.07, 6.45) is -0.759. The molecule has 2 rings (SSSR count). The van der Waals surface area contributed by atoms with Gasteiger partial charge in [0.2, 0.25) is 0 Å². The number of hydrogen-bond acceptors (Lipinski definition) is 3. The predicted molar refractivity (Wildman–Crippen MR) is 82.1 cm³/mol. The highest BCUT2D eigenvalue weighted by Crippen LogP contribution is 2.27. The fourth-order valence-electron chi connectivity index (χ4n) is 2.35. The van der Waals surface area contributed by atoms with E-state index in [-0.39, 0.29) is 6.10 Å². The molecule has 1 aromatic rings. The molecule has 0 saturated carbocycles. The van der Waals surface area contributed by atoms with Crippen LogP contribution in [0.25, 0.3) is 0 Å². The first kappa shape index (κ1) is 15.9. The number of benzene rings is 1. The van der Waals surface area contributed by atoms with E-state index in [2.05, 4.69) is 4.90 Å². The minimum Gasteiger partial charge on any atom is -0.489 e. The average molecular weight is 313 g/mol. The molecule has 1 saturated heterocycles. The summed E-state index contributed by atoms with van der Waals surface area (Å²) >= 11 is 6.13. The molecule has 1 aliphatic rings. The molecule has 1 fully saturated rings. The number of halogens is 1. The molecule has 0 radical (unpaired) electrons. The van der Waals surface area contributed by atoms with Crippen LogP contribution in [0.1, 0.15) is 19.4 Å². The minimum absolute atomic E-state index is 0.0804. The number of carbonyl (C=O) groups is 1. The molecule has 0 bridgehead atoms. The van der Waals surface area contributed by atoms with Crippen LogP contribution in [0.4, 0.5) is 4.79 Å². The van der Waals surface area contributed by atoms with Crippen LogP contribution < -0.4 is 4.74 Å². The summed E-state index contributed by atoms with van der Waals surface area (Å²) < 4.78 is 5.69. The van der Waals surface area contributed by atoms with E-state index < -0.39 is 6.09 Å². The first-order valence-corrected chi connectivity index (χ1v) is 7.49. The van der Waals surface area contributed by atoms with Crippen molar-refractivity contribution in [2.45, 2.75) is 26.5 Å². The van der Waals surface area contributed by atoms with Crippen LogP contribution >= 0.6 is 11.6 Å². The largest absolute Gasteiger partial charge is 0.489 e. The number of ether oxygens (including phenoxy) is 1. The van der Waals surface area contributed by atoms with E-state index >= 15 is 0 Å². The normalized spacial score (nSPS) is 16.3. The lowest BCUT2D eigenvalue weighted by atomic mass is 10.2. The lowest BCUT2D eigenvalue weighted by Crippen LogP contribution is -2.47. The van der Waals surface area contributed by atoms with Crippen LogP contribution in [0, 0.1) is 0 Å². The van der Waals surface area contributed by atoms with Crippen molar-refractivity contribution in [3.63, 3.8) is 0 Å². The molecular weight excluding hydrogens is 292 g/mol. The van der Waals surface area contributed by atoms with Gasteiger partial charge in [-0.05, 0) is 31.5 Å². The van der Waals surface area contributed by atoms with Gasteiger partial charge in [0.1, 0.15) is 5.75 Å². The third-order valence-electron chi connectivity index (χ3n) is 3.41. The van der Waals surface area contributed by atoms with Crippen molar-refractivity contribution in [3.8, 4) is 5.75 Å². The number of hydrogen-bond donors (Lipinski definition) is 1. The van der Waals surface area contributed by atoms with Gasteiger partial charge >= 0.3 is 6.09 Å². The van der Waals surface area contributed by atoms with Crippen molar-refractivity contribution in [1.82, 2.24) is 9.80 Å². The van der Waals surface area contributed by atoms with Gasteiger partial charge in [-0.25, -0.2) is 4.79 Å². The minimum atomic E-state index is -0.839. The first-order chi connectivity index (χ1) is 9.95. The van der Waals surface area contributed by atoms with Gasteiger partial charge in [0, 0.05) is 32.7 Å². The van der Waals surface area contributed by atoms with Gasteiger partial charge in [-0.2, -0.15) is 0 Å². The van der Waals surface area contributed by atoms with E-state index in [1.165, 1.54) is 4.90 Å². The van der Waals surface area contributed by atoms with Gasteiger partial charge in [0.05, 0.1) is 11.1 Å². The van der Waals surface area contributed by atoms with Gasteiger partial charge in [0.25, 0.3) is 0 Å². The third kappa shape index (κ3) is 4.51. The molecule has 1 heterocycles. The molecular formula is C15H21ClN2O3. The van der Waals surface area contributed by atoms with E-state index in [0.717, 1.165) is 25.2 Å². The summed E-state index contributed by atoms with van der Waals surface area (Å²) in [5.74, 6) is 0.702. The van der Waals surface area contributed by atoms with E-state index in [4.69, 9.17) is 21.4 Å². The molecule has 5 nitrogen and oxygen atoms in total. The Morgan fingerprint density at radius 2 is 2.00 bits per heavy atom. The zero-order valence-electron chi connectivity index (χ0n) is 12.4. The molecule has 6 heteroatoms. The van der Waals surface area contributed by atoms with E-state index in [1.807, 2.05) is 32.0 Å². The monoisotopic (exact) mass is 312 g/mol. The predicted octanol–water partition coefficient (Wildman–Crippen LogP) is 2.92. The molecule has 116 valence electrons. The van der Waals surface area contributed by atoms with Crippen LogP contribution in [-0.2, 0) is 6.54 Å². The summed E-state index contributed by atoms with van der Waals surface area (Å²) in [6.45, 7) is 7.31. The fourth-order valence-corrected chi connectivity index (χ4v) is 2.51. The number of carboxylic acid groups (broad SMARTS) is 1. The summed E-state index contributed by atoms with van der Waals surface area (Å²) in [7, 11) is 0. The summed E-state index contributed by atoms with van der Waals surface area (Å²) in [5, 5.41) is 9.56. The standard InChI is InChI=1S/C15H21ClN2O3/c1-11(2)21-14-9-12(3-4-13(14)16)10-17-5-7-18(8-6-17)15(19)20/h3-4,9,11H,5-8,10H2,1-2H3,(H,19,20). The van der Waals surface area contributed by atoms with Gasteiger partial charge in [-0.15, -0.1) is 0 Å². The molecule has 1 aliphatic heterocycles. The van der Waals surface area contributed by atoms with E-state index in [1.54, 1.807) is 0 Å². The zero-order valence-corrected chi connectivity index (χ0v) is 13.1. The first-order valence-electron chi connectivity index (χ1n) is 7.11. The summed E-state index contributed by atoms with van der Waals surface area (Å²) in [5.41, 5.74) is 1.12. The molecule has 0 atom stereocenters. The number of piperazine rings is 1. The van der Waals surface area contributed by atoms with Gasteiger partial charge in [0.15, 0.2) is 0 Å². The maximum Gasteiger partial charge on any atom is 0.407 e. The highest BCUT2D eigenvalue weighted by molar-refractivity contribution is 6.32. The van der Waals surface area contributed by atoms with Crippen LogP contribution in [0.2, 0.25) is 5.02 Å². The SMILES string of the molecule is CC(C)Oc1cc(CN2CCN(C(=O)O)CC2)ccc1Cl. The smallest absolute Gasteiger partial charge is 0.407 e. The van der Waals surface area contributed by atoms with Crippen molar-refractivity contribution >= 4 is 17.7 Å². The van der Waals surface area contributed by atoms with Crippen LogP contribution in [0.15, 0.2) is 18.2 Å². The molecule has 21 heavy (non-hydrogen) atoms. The third-order valence-corrected chi connectivity index (χ3v) is 3.72. The molecule has 0 aliphatic carbocycles. The number of amides is 1. The average Bonchev–Trinajstić information content (AvgIpc) is 2.42. The lowest BCUT2D eigenvalue weighted by molar-refractivity contribution is 0.103. The zero-order chi connectivity index (χ0) is 15.4. The van der Waals surface area contributed by atoms with Crippen molar-refractivity contribution in [2.24, 2.45) is 0 Å². The van der Waals surface area contributed by atoms with Crippen molar-refractivity contribution in [1.29, 1.82) is 0 Å². The van der Waals surface area contributed by atoms with Gasteiger partial charge in [-0.3, -0.25) is 4.90 Å². The molecule has 1 N–H and O–H groups in total. The van der Waals surface area contributed by atoms with Gasteiger partial charge in [-0.1, -0.05) is 17.7 Å². The highest BCUT2D eigenvalue weighted by atomic mass is 35.5. The number of nitrogens with zero attached hydrogens (tertiary/aromatic N) is 2. The molecule has 1 amide bonds. The van der Waals surface area contributed by atoms with E-state index in [9.17, 15) is 4.79 Å². The van der Waals surface area contributed by atoms with Crippen molar-refractivity contribution in [3.05, 3.63) is 28.8 Å². The maximum absolute atomic E-state index is 10.9. The van der Waals surface area contributed by atoms with Crippen LogP contribution in [0.5, 0.6) is 5.75 Å². The van der Waals surface area contributed by atoms with Crippen molar-refractivity contribution < 1.29 is 14.6 Å². The fraction of sp³-hybridized carbons (Fsp3) is 0.533. The maximum atomic E-state index is 10.9. The Balaban J connectivity index is 1.96. The Bertz CT molecular complexity index is 500. The van der Waals surface area contributed by atoms with Crippen molar-refractivity contribution in [2.75, 3.05) is 26.2 Å². The van der Waals surface area contributed by atoms with Crippen LogP contribution in [-0.4, -0.2) is 53.3 Å². The Kier molecular flexibility index (Phi) is 5.31. The molecule has 0 aromatic heterocycles. The summed E-state index contributed by atoms with van der Waals surface area (Å²) in [6, 6.07) is 5.80. The molecule has 0 unspecified atom stereocenters. The Hall–Kier alpha value is -1.46. The second kappa shape index (κ2) is 7.00.